The molecule has 84 valence electrons. The van der Waals surface area contributed by atoms with Crippen LogP contribution in [0.2, 0.25) is 0 Å². The van der Waals surface area contributed by atoms with Gasteiger partial charge in [0.1, 0.15) is 0 Å². The SMILES string of the molecule is CC1CN(Cc2c(Br)cnn2C)CC1N. The fourth-order valence-corrected chi connectivity index (χ4v) is 2.52. The van der Waals surface area contributed by atoms with Gasteiger partial charge in [-0.3, -0.25) is 9.58 Å². The fourth-order valence-electron chi connectivity index (χ4n) is 2.05. The monoisotopic (exact) mass is 272 g/mol. The molecule has 2 heterocycles. The predicted molar refractivity (Wildman–Crippen MR) is 63.3 cm³/mol. The van der Waals surface area contributed by atoms with Gasteiger partial charge in [-0.05, 0) is 21.8 Å². The maximum absolute atomic E-state index is 6.00. The lowest BCUT2D eigenvalue weighted by Gasteiger charge is -2.15. The summed E-state index contributed by atoms with van der Waals surface area (Å²) in [5.74, 6) is 0.594. The molecule has 0 radical (unpaired) electrons. The Morgan fingerprint density at radius 3 is 2.80 bits per heavy atom. The molecule has 0 aliphatic carbocycles. The Morgan fingerprint density at radius 1 is 1.60 bits per heavy atom. The van der Waals surface area contributed by atoms with Gasteiger partial charge in [0.05, 0.1) is 16.4 Å². The van der Waals surface area contributed by atoms with Crippen molar-refractivity contribution in [1.82, 2.24) is 14.7 Å². The number of likely N-dealkylation sites (tertiary alicyclic amines) is 1. The zero-order valence-corrected chi connectivity index (χ0v) is 10.7. The Morgan fingerprint density at radius 2 is 2.33 bits per heavy atom. The molecule has 2 rings (SSSR count). The molecule has 0 bridgehead atoms. The average molecular weight is 273 g/mol. The van der Waals surface area contributed by atoms with Crippen LogP contribution in [0.5, 0.6) is 0 Å². The lowest BCUT2D eigenvalue weighted by molar-refractivity contribution is 0.309. The normalized spacial score (nSPS) is 27.5. The molecule has 4 nitrogen and oxygen atoms in total. The highest BCUT2D eigenvalue weighted by Gasteiger charge is 2.27. The minimum Gasteiger partial charge on any atom is -0.326 e. The molecule has 1 aromatic rings. The van der Waals surface area contributed by atoms with Crippen molar-refractivity contribution in [1.29, 1.82) is 0 Å². The van der Waals surface area contributed by atoms with Gasteiger partial charge in [-0.1, -0.05) is 6.92 Å². The second kappa shape index (κ2) is 4.23. The van der Waals surface area contributed by atoms with Gasteiger partial charge in [-0.25, -0.2) is 0 Å². The Kier molecular flexibility index (Phi) is 3.13. The number of nitrogens with two attached hydrogens (primary N) is 1. The zero-order valence-electron chi connectivity index (χ0n) is 9.15. The number of aryl methyl sites for hydroxylation is 1. The first-order chi connectivity index (χ1) is 7.08. The van der Waals surface area contributed by atoms with Crippen LogP contribution in [0.25, 0.3) is 0 Å². The molecule has 1 aliphatic rings. The summed E-state index contributed by atoms with van der Waals surface area (Å²) in [5.41, 5.74) is 7.22. The van der Waals surface area contributed by atoms with Gasteiger partial charge in [0, 0.05) is 32.7 Å². The number of rotatable bonds is 2. The van der Waals surface area contributed by atoms with Gasteiger partial charge in [0.15, 0.2) is 0 Å². The first-order valence-corrected chi connectivity index (χ1v) is 6.01. The summed E-state index contributed by atoms with van der Waals surface area (Å²) < 4.78 is 3.00. The highest BCUT2D eigenvalue weighted by atomic mass is 79.9. The van der Waals surface area contributed by atoms with E-state index >= 15 is 0 Å². The summed E-state index contributed by atoms with van der Waals surface area (Å²) in [6.07, 6.45) is 1.84. The highest BCUT2D eigenvalue weighted by molar-refractivity contribution is 9.10. The summed E-state index contributed by atoms with van der Waals surface area (Å²) in [5, 5.41) is 4.21. The minimum atomic E-state index is 0.317. The van der Waals surface area contributed by atoms with E-state index in [9.17, 15) is 0 Å². The molecular weight excluding hydrogens is 256 g/mol. The van der Waals surface area contributed by atoms with Crippen molar-refractivity contribution in [3.63, 3.8) is 0 Å². The van der Waals surface area contributed by atoms with E-state index in [0.717, 1.165) is 24.1 Å². The molecular formula is C10H17BrN4. The van der Waals surface area contributed by atoms with Crippen LogP contribution in [0, 0.1) is 5.92 Å². The predicted octanol–water partition coefficient (Wildman–Crippen LogP) is 0.962. The van der Waals surface area contributed by atoms with E-state index in [0.29, 0.717) is 12.0 Å². The summed E-state index contributed by atoms with van der Waals surface area (Å²) in [6.45, 7) is 5.20. The smallest absolute Gasteiger partial charge is 0.0663 e. The third-order valence-corrected chi connectivity index (χ3v) is 3.79. The quantitative estimate of drug-likeness (QED) is 0.873. The lowest BCUT2D eigenvalue weighted by Crippen LogP contribution is -2.28. The third kappa shape index (κ3) is 2.24. The van der Waals surface area contributed by atoms with E-state index in [4.69, 9.17) is 5.73 Å². The molecule has 0 saturated carbocycles. The van der Waals surface area contributed by atoms with Crippen molar-refractivity contribution in [3.8, 4) is 0 Å². The van der Waals surface area contributed by atoms with Gasteiger partial charge in [-0.15, -0.1) is 0 Å². The molecule has 5 heteroatoms. The van der Waals surface area contributed by atoms with Crippen LogP contribution in [-0.4, -0.2) is 33.8 Å². The van der Waals surface area contributed by atoms with Crippen LogP contribution in [0.15, 0.2) is 10.7 Å². The largest absolute Gasteiger partial charge is 0.326 e. The van der Waals surface area contributed by atoms with Gasteiger partial charge >= 0.3 is 0 Å². The first kappa shape index (κ1) is 11.1. The third-order valence-electron chi connectivity index (χ3n) is 3.13. The summed E-state index contributed by atoms with van der Waals surface area (Å²) in [7, 11) is 1.97. The second-order valence-corrected chi connectivity index (χ2v) is 5.25. The maximum atomic E-state index is 6.00. The van der Waals surface area contributed by atoms with Crippen molar-refractivity contribution < 1.29 is 0 Å². The number of hydrogen-bond donors (Lipinski definition) is 1. The Labute approximate surface area is 98.6 Å². The molecule has 1 saturated heterocycles. The molecule has 2 atom stereocenters. The molecule has 1 aliphatic heterocycles. The van der Waals surface area contributed by atoms with Crippen molar-refractivity contribution in [2.45, 2.75) is 19.5 Å². The summed E-state index contributed by atoms with van der Waals surface area (Å²) in [4.78, 5) is 2.39. The standard InChI is InChI=1S/C10H17BrN4/c1-7-4-15(5-9(7)12)6-10-8(11)3-13-14(10)2/h3,7,9H,4-6,12H2,1-2H3. The second-order valence-electron chi connectivity index (χ2n) is 4.40. The summed E-state index contributed by atoms with van der Waals surface area (Å²) in [6, 6.07) is 0.317. The van der Waals surface area contributed by atoms with E-state index in [2.05, 4.69) is 32.9 Å². The number of halogens is 1. The lowest BCUT2D eigenvalue weighted by atomic mass is 10.1. The highest BCUT2D eigenvalue weighted by Crippen LogP contribution is 2.21. The Balaban J connectivity index is 2.04. The fraction of sp³-hybridized carbons (Fsp3) is 0.700. The maximum Gasteiger partial charge on any atom is 0.0663 e. The average Bonchev–Trinajstić information content (AvgIpc) is 2.64. The number of hydrogen-bond acceptors (Lipinski definition) is 3. The zero-order chi connectivity index (χ0) is 11.0. The van der Waals surface area contributed by atoms with Gasteiger partial charge in [0.2, 0.25) is 0 Å². The molecule has 0 amide bonds. The Bertz CT molecular complexity index is 320. The van der Waals surface area contributed by atoms with E-state index in [1.807, 2.05) is 17.9 Å². The van der Waals surface area contributed by atoms with Crippen LogP contribution in [-0.2, 0) is 13.6 Å². The van der Waals surface area contributed by atoms with Gasteiger partial charge in [0.25, 0.3) is 0 Å². The Hall–Kier alpha value is -0.390. The van der Waals surface area contributed by atoms with Crippen LogP contribution in [0.1, 0.15) is 12.6 Å². The topological polar surface area (TPSA) is 47.1 Å². The molecule has 2 N–H and O–H groups in total. The van der Waals surface area contributed by atoms with E-state index in [1.165, 1.54) is 5.69 Å². The summed E-state index contributed by atoms with van der Waals surface area (Å²) >= 11 is 3.51. The van der Waals surface area contributed by atoms with E-state index in [-0.39, 0.29) is 0 Å². The minimum absolute atomic E-state index is 0.317. The molecule has 0 aromatic carbocycles. The molecule has 2 unspecified atom stereocenters. The van der Waals surface area contributed by atoms with Crippen molar-refractivity contribution >= 4 is 15.9 Å². The van der Waals surface area contributed by atoms with Gasteiger partial charge in [-0.2, -0.15) is 5.10 Å². The molecule has 1 aromatic heterocycles. The molecule has 1 fully saturated rings. The van der Waals surface area contributed by atoms with Gasteiger partial charge < -0.3 is 5.73 Å². The number of nitrogens with zero attached hydrogens (tertiary/aromatic N) is 3. The van der Waals surface area contributed by atoms with E-state index < -0.39 is 0 Å². The van der Waals surface area contributed by atoms with Crippen LogP contribution in [0.3, 0.4) is 0 Å². The molecule has 15 heavy (non-hydrogen) atoms. The van der Waals surface area contributed by atoms with Crippen LogP contribution < -0.4 is 5.73 Å². The van der Waals surface area contributed by atoms with E-state index in [1.54, 1.807) is 0 Å². The van der Waals surface area contributed by atoms with Crippen LogP contribution in [0.4, 0.5) is 0 Å². The van der Waals surface area contributed by atoms with Crippen molar-refractivity contribution in [2.75, 3.05) is 13.1 Å². The van der Waals surface area contributed by atoms with Crippen LogP contribution >= 0.6 is 15.9 Å². The van der Waals surface area contributed by atoms with Crippen molar-refractivity contribution in [3.05, 3.63) is 16.4 Å². The van der Waals surface area contributed by atoms with Crippen molar-refractivity contribution in [2.24, 2.45) is 18.7 Å². The molecule has 0 spiro atoms. The number of aromatic nitrogens is 2. The first-order valence-electron chi connectivity index (χ1n) is 5.22.